The Bertz CT molecular complexity index is 978. The summed E-state index contributed by atoms with van der Waals surface area (Å²) in [5.74, 6) is -3.92. The minimum atomic E-state index is -3.06. The fraction of sp³-hybridized carbons (Fsp3) is 0.389. The number of esters is 1. The zero-order valence-electron chi connectivity index (χ0n) is 20.2. The Hall–Kier alpha value is -2.83. The molecule has 7 nitrogen and oxygen atoms in total. The molecule has 0 radical (unpaired) electrons. The van der Waals surface area contributed by atoms with Crippen molar-refractivity contribution in [1.82, 2.24) is 0 Å². The van der Waals surface area contributed by atoms with Crippen molar-refractivity contribution in [1.29, 1.82) is 0 Å². The second-order valence-corrected chi connectivity index (χ2v) is 5.10. The highest BCUT2D eigenvalue weighted by atomic mass is 16.9. The smallest absolute Gasteiger partial charge is 0.313 e. The Morgan fingerprint density at radius 3 is 2.76 bits per heavy atom. The van der Waals surface area contributed by atoms with Gasteiger partial charge in [-0.1, -0.05) is 24.3 Å². The molecular formula is C18H21NO6. The number of rotatable bonds is 9. The molecule has 0 saturated carbocycles. The molecule has 0 saturated heterocycles. The van der Waals surface area contributed by atoms with Crippen LogP contribution in [0.15, 0.2) is 36.4 Å². The van der Waals surface area contributed by atoms with Crippen molar-refractivity contribution in [2.75, 3.05) is 20.3 Å². The molecule has 0 bridgehead atoms. The standard InChI is InChI=1S/C18H21NO6/c1-13(18(20)24-9-3-4-10-25-19(21)22)14-5-6-16-12-17(23-2)8-7-15(16)11-14/h5-8,11-13H,3-4,9-10H2,1-2H3/t13-/m0/s1/i1D3,2D3,13D. The molecule has 25 heavy (non-hydrogen) atoms. The lowest BCUT2D eigenvalue weighted by molar-refractivity contribution is -0.757. The van der Waals surface area contributed by atoms with Gasteiger partial charge in [0.2, 0.25) is 0 Å². The van der Waals surface area contributed by atoms with Gasteiger partial charge < -0.3 is 14.3 Å². The third-order valence-corrected chi connectivity index (χ3v) is 3.39. The van der Waals surface area contributed by atoms with Crippen LogP contribution in [0, 0.1) is 10.1 Å². The van der Waals surface area contributed by atoms with E-state index in [0.29, 0.717) is 10.8 Å². The lowest BCUT2D eigenvalue weighted by atomic mass is 9.98. The first kappa shape index (κ1) is 10.9. The van der Waals surface area contributed by atoms with Crippen LogP contribution < -0.4 is 4.74 Å². The minimum absolute atomic E-state index is 0.0821. The number of fused-ring (bicyclic) bond motifs is 1. The van der Waals surface area contributed by atoms with Crippen LogP contribution in [0.2, 0.25) is 0 Å². The van der Waals surface area contributed by atoms with Crippen LogP contribution in [0.3, 0.4) is 0 Å². The highest BCUT2D eigenvalue weighted by Crippen LogP contribution is 2.25. The minimum Gasteiger partial charge on any atom is -0.497 e. The molecule has 2 rings (SSSR count). The molecule has 0 aliphatic carbocycles. The molecule has 0 spiro atoms. The van der Waals surface area contributed by atoms with Gasteiger partial charge in [0.15, 0.2) is 0 Å². The van der Waals surface area contributed by atoms with Crippen molar-refractivity contribution in [2.24, 2.45) is 0 Å². The summed E-state index contributed by atoms with van der Waals surface area (Å²) in [6, 6.07) is 8.39. The topological polar surface area (TPSA) is 87.9 Å². The Kier molecular flexibility index (Phi) is 3.87. The Balaban J connectivity index is 2.22. The van der Waals surface area contributed by atoms with E-state index in [2.05, 4.69) is 4.84 Å². The molecule has 2 aromatic carbocycles. The highest BCUT2D eigenvalue weighted by Gasteiger charge is 2.17. The number of hydrogen-bond donors (Lipinski definition) is 0. The first-order chi connectivity index (χ1) is 14.7. The van der Waals surface area contributed by atoms with E-state index >= 15 is 0 Å². The van der Waals surface area contributed by atoms with Gasteiger partial charge in [-0.05, 0) is 48.2 Å². The Labute approximate surface area is 155 Å². The maximum absolute atomic E-state index is 12.6. The predicted molar refractivity (Wildman–Crippen MR) is 92.1 cm³/mol. The molecule has 0 fully saturated rings. The van der Waals surface area contributed by atoms with E-state index in [9.17, 15) is 14.9 Å². The molecule has 0 aliphatic rings. The molecule has 0 aromatic heterocycles. The lowest BCUT2D eigenvalue weighted by Gasteiger charge is -2.13. The summed E-state index contributed by atoms with van der Waals surface area (Å²) in [6.07, 6.45) is 0.379. The second-order valence-electron chi connectivity index (χ2n) is 5.10. The zero-order chi connectivity index (χ0) is 24.2. The van der Waals surface area contributed by atoms with Crippen LogP contribution in [-0.2, 0) is 14.4 Å². The average molecular weight is 354 g/mol. The second kappa shape index (κ2) is 8.86. The van der Waals surface area contributed by atoms with Gasteiger partial charge in [-0.25, -0.2) is 0 Å². The highest BCUT2D eigenvalue weighted by molar-refractivity contribution is 5.86. The van der Waals surface area contributed by atoms with Crippen molar-refractivity contribution in [3.8, 4) is 5.75 Å². The van der Waals surface area contributed by atoms with Gasteiger partial charge in [-0.3, -0.25) is 4.79 Å². The maximum atomic E-state index is 12.6. The molecule has 7 heteroatoms. The van der Waals surface area contributed by atoms with Crippen LogP contribution >= 0.6 is 0 Å². The number of benzene rings is 2. The van der Waals surface area contributed by atoms with Gasteiger partial charge in [-0.2, -0.15) is 0 Å². The molecule has 1 atom stereocenters. The van der Waals surface area contributed by atoms with Crippen molar-refractivity contribution < 1.29 is 33.8 Å². The maximum Gasteiger partial charge on any atom is 0.313 e. The molecule has 0 unspecified atom stereocenters. The van der Waals surface area contributed by atoms with Crippen LogP contribution in [0.5, 0.6) is 5.75 Å². The number of methoxy groups -OCH3 is 1. The monoisotopic (exact) mass is 354 g/mol. The number of carbonyl (C=O) groups is 1. The SMILES string of the molecule is [2H]C([2H])([2H])Oc1ccc2cc([C@@]([2H])(C(=O)OCCCCO[N+](=O)[O-])C([2H])([2H])[2H])ccc2c1. The average Bonchev–Trinajstić information content (AvgIpc) is 2.67. The first-order valence-corrected chi connectivity index (χ1v) is 7.42. The first-order valence-electron chi connectivity index (χ1n) is 10.9. The van der Waals surface area contributed by atoms with Gasteiger partial charge in [-0.15, -0.1) is 10.1 Å². The van der Waals surface area contributed by atoms with Gasteiger partial charge in [0.1, 0.15) is 5.75 Å². The van der Waals surface area contributed by atoms with Gasteiger partial charge >= 0.3 is 5.97 Å². The van der Waals surface area contributed by atoms with E-state index in [4.69, 9.17) is 19.1 Å². The molecule has 134 valence electrons. The third kappa shape index (κ3) is 5.34. The van der Waals surface area contributed by atoms with E-state index in [1.54, 1.807) is 0 Å². The van der Waals surface area contributed by atoms with Crippen molar-refractivity contribution in [3.05, 3.63) is 52.1 Å². The summed E-state index contributed by atoms with van der Waals surface area (Å²) >= 11 is 0. The van der Waals surface area contributed by atoms with Gasteiger partial charge in [0.05, 0.1) is 30.3 Å². The quantitative estimate of drug-likeness (QED) is 0.296. The van der Waals surface area contributed by atoms with E-state index < -0.39 is 30.8 Å². The van der Waals surface area contributed by atoms with Gasteiger partial charge in [0, 0.05) is 5.48 Å². The molecule has 2 aromatic rings. The fourth-order valence-electron chi connectivity index (χ4n) is 2.14. The third-order valence-electron chi connectivity index (χ3n) is 3.39. The van der Waals surface area contributed by atoms with Crippen LogP contribution in [0.1, 0.15) is 40.7 Å². The number of carbonyl (C=O) groups excluding carboxylic acids is 1. The molecule has 0 heterocycles. The van der Waals surface area contributed by atoms with Crippen LogP contribution in [-0.4, -0.2) is 31.3 Å². The Morgan fingerprint density at radius 1 is 1.24 bits per heavy atom. The molecular weight excluding hydrogens is 326 g/mol. The van der Waals surface area contributed by atoms with Crippen molar-refractivity contribution in [2.45, 2.75) is 25.6 Å². The van der Waals surface area contributed by atoms with E-state index in [1.807, 2.05) is 0 Å². The summed E-state index contributed by atoms with van der Waals surface area (Å²) in [5, 5.41) is 10.1. The van der Waals surface area contributed by atoms with E-state index in [0.717, 1.165) is 0 Å². The molecule has 0 aliphatic heterocycles. The van der Waals surface area contributed by atoms with Crippen LogP contribution in [0.25, 0.3) is 10.8 Å². The van der Waals surface area contributed by atoms with E-state index in [1.165, 1.54) is 36.4 Å². The normalized spacial score (nSPS) is 18.2. The van der Waals surface area contributed by atoms with Crippen molar-refractivity contribution in [3.63, 3.8) is 0 Å². The summed E-state index contributed by atoms with van der Waals surface area (Å²) in [6.45, 7) is -3.50. The predicted octanol–water partition coefficient (Wildman–Crippen LogP) is 3.48. The van der Waals surface area contributed by atoms with Crippen molar-refractivity contribution >= 4 is 16.7 Å². The zero-order valence-corrected chi connectivity index (χ0v) is 13.2. The summed E-state index contributed by atoms with van der Waals surface area (Å²) in [4.78, 5) is 26.8. The summed E-state index contributed by atoms with van der Waals surface area (Å²) in [5.41, 5.74) is -0.129. The summed E-state index contributed by atoms with van der Waals surface area (Å²) < 4.78 is 63.0. The Morgan fingerprint density at radius 2 is 2.00 bits per heavy atom. The lowest BCUT2D eigenvalue weighted by Crippen LogP contribution is -2.14. The molecule has 0 N–H and O–H groups in total. The number of hydrogen-bond acceptors (Lipinski definition) is 6. The van der Waals surface area contributed by atoms with Gasteiger partial charge in [0.25, 0.3) is 5.09 Å². The largest absolute Gasteiger partial charge is 0.497 e. The molecule has 0 amide bonds. The van der Waals surface area contributed by atoms with E-state index in [-0.39, 0.29) is 37.4 Å². The summed E-state index contributed by atoms with van der Waals surface area (Å²) in [7, 11) is -2.63. The van der Waals surface area contributed by atoms with Crippen LogP contribution in [0.4, 0.5) is 0 Å². The fourth-order valence-corrected chi connectivity index (χ4v) is 2.14. The number of unbranched alkanes of at least 4 members (excludes halogenated alkanes) is 1. The number of ether oxygens (including phenoxy) is 2. The number of nitrogens with zero attached hydrogens (tertiary/aromatic N) is 1.